The van der Waals surface area contributed by atoms with Crippen molar-refractivity contribution in [3.8, 4) is 0 Å². The van der Waals surface area contributed by atoms with Crippen LogP contribution in [-0.4, -0.2) is 53.7 Å². The van der Waals surface area contributed by atoms with Crippen molar-refractivity contribution in [2.75, 3.05) is 19.8 Å². The zero-order chi connectivity index (χ0) is 16.9. The predicted molar refractivity (Wildman–Crippen MR) is 84.6 cm³/mol. The summed E-state index contributed by atoms with van der Waals surface area (Å²) in [7, 11) is 0. The molecule has 2 saturated heterocycles. The lowest BCUT2D eigenvalue weighted by atomic mass is 9.91. The summed E-state index contributed by atoms with van der Waals surface area (Å²) >= 11 is 0. The first kappa shape index (κ1) is 16.8. The van der Waals surface area contributed by atoms with Gasteiger partial charge in [-0.1, -0.05) is 6.07 Å². The van der Waals surface area contributed by atoms with Crippen molar-refractivity contribution >= 4 is 11.8 Å². The number of nitrogens with zero attached hydrogens (tertiary/aromatic N) is 2. The minimum atomic E-state index is -0.636. The maximum Gasteiger partial charge on any atom is 0.249 e. The molecule has 0 aliphatic carbocycles. The molecule has 3 atom stereocenters. The summed E-state index contributed by atoms with van der Waals surface area (Å²) in [6.45, 7) is 0.804. The largest absolute Gasteiger partial charge is 0.363 e. The third kappa shape index (κ3) is 3.90. The number of alkyl halides is 1. The number of halogens is 1. The number of ether oxygens (including phenoxy) is 1. The molecule has 0 spiro atoms. The molecule has 2 aliphatic heterocycles. The van der Waals surface area contributed by atoms with Gasteiger partial charge >= 0.3 is 0 Å². The molecule has 1 N–H and O–H groups in total. The summed E-state index contributed by atoms with van der Waals surface area (Å²) in [4.78, 5) is 29.9. The van der Waals surface area contributed by atoms with Crippen LogP contribution in [0.3, 0.4) is 0 Å². The first-order valence-electron chi connectivity index (χ1n) is 8.34. The van der Waals surface area contributed by atoms with Crippen LogP contribution in [-0.2, 0) is 20.9 Å². The zero-order valence-electron chi connectivity index (χ0n) is 13.5. The van der Waals surface area contributed by atoms with Crippen molar-refractivity contribution in [3.63, 3.8) is 0 Å². The molecule has 3 rings (SSSR count). The second-order valence-corrected chi connectivity index (χ2v) is 6.27. The summed E-state index contributed by atoms with van der Waals surface area (Å²) in [6, 6.07) is 5.55. The molecule has 6 nitrogen and oxygen atoms in total. The SMILES string of the molecule is O=C(NCc1ccccn1)[C@@H]1C[C@@H]2CCN(C(=O)CCF)C[C@H]2O1. The number of hydrogen-bond acceptors (Lipinski definition) is 4. The monoisotopic (exact) mass is 335 g/mol. The van der Waals surface area contributed by atoms with Crippen LogP contribution in [0.4, 0.5) is 4.39 Å². The van der Waals surface area contributed by atoms with E-state index in [1.165, 1.54) is 0 Å². The van der Waals surface area contributed by atoms with Gasteiger partial charge in [-0.2, -0.15) is 0 Å². The van der Waals surface area contributed by atoms with Gasteiger partial charge in [0.1, 0.15) is 6.10 Å². The Balaban J connectivity index is 1.49. The van der Waals surface area contributed by atoms with Crippen LogP contribution in [0.5, 0.6) is 0 Å². The molecule has 1 aromatic heterocycles. The van der Waals surface area contributed by atoms with Crippen molar-refractivity contribution in [1.29, 1.82) is 0 Å². The number of carbonyl (C=O) groups is 2. The third-order valence-electron chi connectivity index (χ3n) is 4.68. The lowest BCUT2D eigenvalue weighted by Crippen LogP contribution is -2.45. The molecule has 0 saturated carbocycles. The molecule has 0 unspecified atom stereocenters. The second kappa shape index (κ2) is 7.70. The molecule has 2 amide bonds. The van der Waals surface area contributed by atoms with Gasteiger partial charge in [-0.15, -0.1) is 0 Å². The number of carbonyl (C=O) groups excluding carboxylic acids is 2. The number of amides is 2. The van der Waals surface area contributed by atoms with Crippen molar-refractivity contribution in [2.45, 2.75) is 38.0 Å². The van der Waals surface area contributed by atoms with Gasteiger partial charge in [0.25, 0.3) is 0 Å². The molecule has 7 heteroatoms. The van der Waals surface area contributed by atoms with Crippen molar-refractivity contribution < 1.29 is 18.7 Å². The Morgan fingerprint density at radius 2 is 2.29 bits per heavy atom. The lowest BCUT2D eigenvalue weighted by Gasteiger charge is -2.33. The summed E-state index contributed by atoms with van der Waals surface area (Å²) in [5.41, 5.74) is 0.796. The van der Waals surface area contributed by atoms with Crippen molar-refractivity contribution in [2.24, 2.45) is 5.92 Å². The zero-order valence-corrected chi connectivity index (χ0v) is 13.5. The Kier molecular flexibility index (Phi) is 5.40. The quantitative estimate of drug-likeness (QED) is 0.873. The highest BCUT2D eigenvalue weighted by atomic mass is 19.1. The highest BCUT2D eigenvalue weighted by molar-refractivity contribution is 5.81. The van der Waals surface area contributed by atoms with E-state index in [1.807, 2.05) is 18.2 Å². The van der Waals surface area contributed by atoms with E-state index >= 15 is 0 Å². The van der Waals surface area contributed by atoms with Crippen LogP contribution in [0.2, 0.25) is 0 Å². The smallest absolute Gasteiger partial charge is 0.249 e. The van der Waals surface area contributed by atoms with E-state index in [-0.39, 0.29) is 30.3 Å². The number of hydrogen-bond donors (Lipinski definition) is 1. The Bertz CT molecular complexity index is 584. The van der Waals surface area contributed by atoms with Gasteiger partial charge < -0.3 is 15.0 Å². The molecule has 0 aromatic carbocycles. The number of aromatic nitrogens is 1. The summed E-state index contributed by atoms with van der Waals surface area (Å²) in [5.74, 6) is -0.0377. The number of piperidine rings is 1. The molecular weight excluding hydrogens is 313 g/mol. The molecule has 24 heavy (non-hydrogen) atoms. The normalized spacial score (nSPS) is 26.0. The van der Waals surface area contributed by atoms with E-state index in [0.29, 0.717) is 26.1 Å². The van der Waals surface area contributed by atoms with E-state index in [4.69, 9.17) is 4.74 Å². The Morgan fingerprint density at radius 1 is 1.42 bits per heavy atom. The maximum absolute atomic E-state index is 12.3. The fraction of sp³-hybridized carbons (Fsp3) is 0.588. The number of fused-ring (bicyclic) bond motifs is 1. The van der Waals surface area contributed by atoms with Crippen LogP contribution in [0.1, 0.15) is 25.0 Å². The molecule has 2 fully saturated rings. The van der Waals surface area contributed by atoms with Crippen LogP contribution in [0.25, 0.3) is 0 Å². The first-order valence-corrected chi connectivity index (χ1v) is 8.34. The fourth-order valence-corrected chi connectivity index (χ4v) is 3.36. The standard InChI is InChI=1S/C17H22FN3O3/c18-6-4-16(22)21-8-5-12-9-14(24-15(12)11-21)17(23)20-10-13-3-1-2-7-19-13/h1-3,7,12,14-15H,4-6,8-11H2,(H,20,23)/t12-,14-,15+/m0/s1. The number of pyridine rings is 1. The van der Waals surface area contributed by atoms with Gasteiger partial charge in [-0.25, -0.2) is 0 Å². The van der Waals surface area contributed by atoms with Gasteiger partial charge in [0.15, 0.2) is 0 Å². The highest BCUT2D eigenvalue weighted by Gasteiger charge is 2.42. The summed E-state index contributed by atoms with van der Waals surface area (Å²) in [5, 5.41) is 2.85. The van der Waals surface area contributed by atoms with E-state index < -0.39 is 12.8 Å². The average molecular weight is 335 g/mol. The third-order valence-corrected chi connectivity index (χ3v) is 4.68. The van der Waals surface area contributed by atoms with Gasteiger partial charge in [0, 0.05) is 19.3 Å². The predicted octanol–water partition coefficient (Wildman–Crippen LogP) is 1.06. The highest BCUT2D eigenvalue weighted by Crippen LogP contribution is 2.33. The van der Waals surface area contributed by atoms with E-state index in [9.17, 15) is 14.0 Å². The molecule has 130 valence electrons. The van der Waals surface area contributed by atoms with E-state index in [0.717, 1.165) is 12.1 Å². The number of nitrogens with one attached hydrogen (secondary N) is 1. The number of rotatable bonds is 5. The van der Waals surface area contributed by atoms with Crippen LogP contribution >= 0.6 is 0 Å². The Labute approximate surface area is 140 Å². The molecular formula is C17H22FN3O3. The summed E-state index contributed by atoms with van der Waals surface area (Å²) in [6.07, 6.45) is 2.46. The van der Waals surface area contributed by atoms with Crippen LogP contribution < -0.4 is 5.32 Å². The van der Waals surface area contributed by atoms with E-state index in [2.05, 4.69) is 10.3 Å². The minimum absolute atomic E-state index is 0.0780. The molecule has 3 heterocycles. The van der Waals surface area contributed by atoms with Gasteiger partial charge in [0.05, 0.1) is 31.4 Å². The van der Waals surface area contributed by atoms with Crippen LogP contribution in [0, 0.1) is 5.92 Å². The summed E-state index contributed by atoms with van der Waals surface area (Å²) < 4.78 is 18.2. The van der Waals surface area contributed by atoms with E-state index in [1.54, 1.807) is 11.1 Å². The topological polar surface area (TPSA) is 71.5 Å². The Morgan fingerprint density at radius 3 is 3.04 bits per heavy atom. The average Bonchev–Trinajstić information content (AvgIpc) is 3.04. The molecule has 1 aromatic rings. The van der Waals surface area contributed by atoms with Crippen molar-refractivity contribution in [1.82, 2.24) is 15.2 Å². The van der Waals surface area contributed by atoms with Gasteiger partial charge in [-0.05, 0) is 30.9 Å². The minimum Gasteiger partial charge on any atom is -0.363 e. The maximum atomic E-state index is 12.3. The molecule has 2 aliphatic rings. The van der Waals surface area contributed by atoms with Crippen molar-refractivity contribution in [3.05, 3.63) is 30.1 Å². The second-order valence-electron chi connectivity index (χ2n) is 6.27. The molecule has 0 bridgehead atoms. The number of likely N-dealkylation sites (tertiary alicyclic amines) is 1. The van der Waals surface area contributed by atoms with Crippen LogP contribution in [0.15, 0.2) is 24.4 Å². The lowest BCUT2D eigenvalue weighted by molar-refractivity contribution is -0.138. The fourth-order valence-electron chi connectivity index (χ4n) is 3.36. The molecule has 0 radical (unpaired) electrons. The van der Waals surface area contributed by atoms with Gasteiger partial charge in [0.2, 0.25) is 11.8 Å². The van der Waals surface area contributed by atoms with Gasteiger partial charge in [-0.3, -0.25) is 19.0 Å². The first-order chi connectivity index (χ1) is 11.7. The Hall–Kier alpha value is -2.02.